The van der Waals surface area contributed by atoms with Gasteiger partial charge in [0.2, 0.25) is 0 Å². The van der Waals surface area contributed by atoms with E-state index < -0.39 is 0 Å². The van der Waals surface area contributed by atoms with Crippen LogP contribution < -0.4 is 0 Å². The third kappa shape index (κ3) is 4.05. The van der Waals surface area contributed by atoms with Crippen molar-refractivity contribution in [1.82, 2.24) is 0 Å². The van der Waals surface area contributed by atoms with Crippen molar-refractivity contribution in [2.45, 2.75) is 124 Å². The Morgan fingerprint density at radius 3 is 2.16 bits per heavy atom. The molecular weight excluding hydrogens is 380 g/mol. The van der Waals surface area contributed by atoms with Gasteiger partial charge in [-0.15, -0.1) is 0 Å². The Kier molecular flexibility index (Phi) is 6.93. The predicted molar refractivity (Wildman–Crippen MR) is 130 cm³/mol. The fourth-order valence-corrected chi connectivity index (χ4v) is 9.94. The molecule has 4 aliphatic carbocycles. The van der Waals surface area contributed by atoms with Crippen LogP contribution in [-0.4, -0.2) is 22.4 Å². The summed E-state index contributed by atoms with van der Waals surface area (Å²) >= 11 is 0. The molecule has 0 amide bonds. The molecule has 0 aliphatic heterocycles. The number of rotatable bonds is 6. The summed E-state index contributed by atoms with van der Waals surface area (Å²) in [7, 11) is 0. The molecule has 0 radical (unpaired) electrons. The van der Waals surface area contributed by atoms with Crippen LogP contribution in [0.1, 0.15) is 112 Å². The van der Waals surface area contributed by atoms with E-state index in [0.717, 1.165) is 61.2 Å². The van der Waals surface area contributed by atoms with Crippen LogP contribution in [0.2, 0.25) is 0 Å². The maximum atomic E-state index is 11.2. The lowest BCUT2D eigenvalue weighted by Gasteiger charge is -2.62. The largest absolute Gasteiger partial charge is 0.393 e. The quantitative estimate of drug-likeness (QED) is 0.471. The fraction of sp³-hybridized carbons (Fsp3) is 1.00. The van der Waals surface area contributed by atoms with Crippen LogP contribution in [0.4, 0.5) is 0 Å². The SMILES string of the molecule is CC[C@H](CC[C@@H](C)[C@H]1CC[C@H]2[C@@H]3C[C@H](O)[C@@H]4C[C@H](O)CC[C@]4(C)[C@H]3CC[C@]12C)C(C)C. The lowest BCUT2D eigenvalue weighted by Crippen LogP contribution is -2.58. The molecule has 0 bridgehead atoms. The smallest absolute Gasteiger partial charge is 0.0577 e. The monoisotopic (exact) mass is 432 g/mol. The molecule has 31 heavy (non-hydrogen) atoms. The van der Waals surface area contributed by atoms with E-state index in [1.807, 2.05) is 0 Å². The number of aliphatic hydroxyl groups is 2. The summed E-state index contributed by atoms with van der Waals surface area (Å²) in [5.41, 5.74) is 0.732. The minimum absolute atomic E-state index is 0.187. The first kappa shape index (κ1) is 24.1. The average Bonchev–Trinajstić information content (AvgIpc) is 3.07. The Bertz CT molecular complexity index is 616. The fourth-order valence-electron chi connectivity index (χ4n) is 9.94. The van der Waals surface area contributed by atoms with E-state index in [9.17, 15) is 10.2 Å². The Labute approximate surface area is 193 Å². The van der Waals surface area contributed by atoms with Gasteiger partial charge in [0.1, 0.15) is 0 Å². The number of aliphatic hydroxyl groups excluding tert-OH is 2. The molecule has 4 fully saturated rings. The summed E-state index contributed by atoms with van der Waals surface area (Å²) < 4.78 is 0. The highest BCUT2D eigenvalue weighted by Gasteiger charge is 2.62. The van der Waals surface area contributed by atoms with E-state index in [1.165, 1.54) is 44.9 Å². The Morgan fingerprint density at radius 1 is 0.806 bits per heavy atom. The minimum Gasteiger partial charge on any atom is -0.393 e. The maximum absolute atomic E-state index is 11.2. The summed E-state index contributed by atoms with van der Waals surface area (Å²) in [5.74, 6) is 6.01. The van der Waals surface area contributed by atoms with Gasteiger partial charge < -0.3 is 10.2 Å². The second kappa shape index (κ2) is 8.94. The summed E-state index contributed by atoms with van der Waals surface area (Å²) in [5, 5.41) is 21.5. The zero-order chi connectivity index (χ0) is 22.6. The van der Waals surface area contributed by atoms with Gasteiger partial charge in [-0.25, -0.2) is 0 Å². The molecule has 4 rings (SSSR count). The zero-order valence-electron chi connectivity index (χ0n) is 21.4. The van der Waals surface area contributed by atoms with Crippen LogP contribution in [0.15, 0.2) is 0 Å². The van der Waals surface area contributed by atoms with E-state index in [-0.39, 0.29) is 17.6 Å². The molecule has 180 valence electrons. The summed E-state index contributed by atoms with van der Waals surface area (Å²) in [6.07, 6.45) is 13.2. The summed E-state index contributed by atoms with van der Waals surface area (Å²) in [6.45, 7) is 14.9. The van der Waals surface area contributed by atoms with Crippen molar-refractivity contribution in [1.29, 1.82) is 0 Å². The maximum Gasteiger partial charge on any atom is 0.0577 e. The molecule has 4 aliphatic rings. The second-order valence-corrected chi connectivity index (χ2v) is 13.4. The van der Waals surface area contributed by atoms with Gasteiger partial charge >= 0.3 is 0 Å². The third-order valence-corrected chi connectivity index (χ3v) is 11.9. The van der Waals surface area contributed by atoms with Crippen molar-refractivity contribution in [2.24, 2.45) is 58.2 Å². The van der Waals surface area contributed by atoms with Gasteiger partial charge in [-0.2, -0.15) is 0 Å². The average molecular weight is 433 g/mol. The third-order valence-electron chi connectivity index (χ3n) is 11.9. The van der Waals surface area contributed by atoms with Crippen molar-refractivity contribution in [3.8, 4) is 0 Å². The van der Waals surface area contributed by atoms with Crippen LogP contribution in [0.3, 0.4) is 0 Å². The van der Waals surface area contributed by atoms with Crippen LogP contribution in [-0.2, 0) is 0 Å². The van der Waals surface area contributed by atoms with E-state index in [4.69, 9.17) is 0 Å². The molecule has 11 atom stereocenters. The van der Waals surface area contributed by atoms with Crippen molar-refractivity contribution in [3.63, 3.8) is 0 Å². The Balaban J connectivity index is 1.48. The number of hydrogen-bond acceptors (Lipinski definition) is 2. The Morgan fingerprint density at radius 2 is 1.48 bits per heavy atom. The van der Waals surface area contributed by atoms with E-state index in [0.29, 0.717) is 17.3 Å². The second-order valence-electron chi connectivity index (χ2n) is 13.4. The lowest BCUT2D eigenvalue weighted by atomic mass is 9.43. The Hall–Kier alpha value is -0.0800. The van der Waals surface area contributed by atoms with Crippen LogP contribution in [0.25, 0.3) is 0 Å². The summed E-state index contributed by atoms with van der Waals surface area (Å²) in [4.78, 5) is 0. The normalized spacial score (nSPS) is 49.3. The van der Waals surface area contributed by atoms with E-state index >= 15 is 0 Å². The molecule has 2 nitrogen and oxygen atoms in total. The molecule has 4 saturated carbocycles. The van der Waals surface area contributed by atoms with Gasteiger partial charge in [-0.1, -0.05) is 54.4 Å². The lowest BCUT2D eigenvalue weighted by molar-refractivity contribution is -0.172. The standard InChI is InChI=1S/C29H52O2/c1-7-20(18(2)3)9-8-19(4)23-10-11-24-22-17-27(31)26-16-21(30)12-14-29(26,6)25(22)13-15-28(23,24)5/h18-27,30-31H,7-17H2,1-6H3/t19-,20-,21-,22+,23-,24+,25+,26+,27+,28-,29-/m1/s1. The zero-order valence-corrected chi connectivity index (χ0v) is 21.4. The molecule has 0 saturated heterocycles. The van der Waals surface area contributed by atoms with Gasteiger partial charge in [0, 0.05) is 0 Å². The first-order valence-corrected chi connectivity index (χ1v) is 14.0. The van der Waals surface area contributed by atoms with E-state index in [1.54, 1.807) is 0 Å². The van der Waals surface area contributed by atoms with Gasteiger partial charge in [0.05, 0.1) is 12.2 Å². The predicted octanol–water partition coefficient (Wildman–Crippen LogP) is 7.08. The molecule has 0 aromatic rings. The van der Waals surface area contributed by atoms with Crippen molar-refractivity contribution < 1.29 is 10.2 Å². The molecular formula is C29H52O2. The minimum atomic E-state index is -0.198. The van der Waals surface area contributed by atoms with Gasteiger partial charge in [0.25, 0.3) is 0 Å². The molecule has 0 unspecified atom stereocenters. The first-order chi connectivity index (χ1) is 14.6. The topological polar surface area (TPSA) is 40.5 Å². The highest BCUT2D eigenvalue weighted by Crippen LogP contribution is 2.68. The van der Waals surface area contributed by atoms with Crippen LogP contribution >= 0.6 is 0 Å². The van der Waals surface area contributed by atoms with Crippen molar-refractivity contribution >= 4 is 0 Å². The van der Waals surface area contributed by atoms with Crippen LogP contribution in [0, 0.1) is 58.2 Å². The molecule has 0 spiro atoms. The van der Waals surface area contributed by atoms with Gasteiger partial charge in [-0.3, -0.25) is 0 Å². The van der Waals surface area contributed by atoms with Gasteiger partial charge in [0.15, 0.2) is 0 Å². The van der Waals surface area contributed by atoms with Gasteiger partial charge in [-0.05, 0) is 116 Å². The summed E-state index contributed by atoms with van der Waals surface area (Å²) in [6, 6.07) is 0. The molecule has 0 aromatic carbocycles. The number of fused-ring (bicyclic) bond motifs is 5. The molecule has 2 N–H and O–H groups in total. The number of hydrogen-bond donors (Lipinski definition) is 2. The molecule has 0 aromatic heterocycles. The highest BCUT2D eigenvalue weighted by atomic mass is 16.3. The van der Waals surface area contributed by atoms with Crippen molar-refractivity contribution in [2.75, 3.05) is 0 Å². The molecule has 2 heteroatoms. The van der Waals surface area contributed by atoms with Crippen molar-refractivity contribution in [3.05, 3.63) is 0 Å². The first-order valence-electron chi connectivity index (χ1n) is 14.0. The van der Waals surface area contributed by atoms with E-state index in [2.05, 4.69) is 41.5 Å². The van der Waals surface area contributed by atoms with Crippen LogP contribution in [0.5, 0.6) is 0 Å². The highest BCUT2D eigenvalue weighted by molar-refractivity contribution is 5.11. The molecule has 0 heterocycles.